The van der Waals surface area contributed by atoms with Crippen molar-refractivity contribution in [1.29, 1.82) is 0 Å². The predicted molar refractivity (Wildman–Crippen MR) is 118 cm³/mol. The first-order valence-corrected chi connectivity index (χ1v) is 10.7. The molecule has 4 rings (SSSR count). The van der Waals surface area contributed by atoms with E-state index in [0.29, 0.717) is 36.0 Å². The Balaban J connectivity index is 1.73. The molecule has 0 aliphatic heterocycles. The van der Waals surface area contributed by atoms with Gasteiger partial charge in [0, 0.05) is 11.3 Å². The summed E-state index contributed by atoms with van der Waals surface area (Å²) in [4.78, 5) is 31.1. The van der Waals surface area contributed by atoms with Crippen LogP contribution in [-0.4, -0.2) is 31.8 Å². The molecule has 1 aromatic carbocycles. The molecule has 2 aromatic heterocycles. The minimum Gasteiger partial charge on any atom is -0.492 e. The highest BCUT2D eigenvalue weighted by molar-refractivity contribution is 5.92. The van der Waals surface area contributed by atoms with Crippen LogP contribution in [0.1, 0.15) is 42.4 Å². The molecular weight excluding hydrogens is 394 g/mol. The quantitative estimate of drug-likeness (QED) is 0.661. The van der Waals surface area contributed by atoms with Crippen LogP contribution in [0.5, 0.6) is 5.75 Å². The Morgan fingerprint density at radius 1 is 1.19 bits per heavy atom. The van der Waals surface area contributed by atoms with Crippen LogP contribution >= 0.6 is 0 Å². The Morgan fingerprint density at radius 3 is 2.71 bits per heavy atom. The number of hydrogen-bond acceptors (Lipinski definition) is 5. The number of aromatic nitrogens is 4. The van der Waals surface area contributed by atoms with Crippen LogP contribution in [0.4, 0.5) is 5.69 Å². The number of fused-ring (bicyclic) bond motifs is 1. The van der Waals surface area contributed by atoms with E-state index in [-0.39, 0.29) is 18.0 Å². The van der Waals surface area contributed by atoms with Crippen molar-refractivity contribution in [2.75, 3.05) is 11.9 Å². The fourth-order valence-electron chi connectivity index (χ4n) is 4.00. The van der Waals surface area contributed by atoms with Crippen molar-refractivity contribution in [3.8, 4) is 11.7 Å². The first kappa shape index (κ1) is 20.8. The summed E-state index contributed by atoms with van der Waals surface area (Å²) in [6, 6.07) is 9.17. The highest BCUT2D eigenvalue weighted by atomic mass is 16.5. The first-order chi connectivity index (χ1) is 15.0. The molecule has 0 bridgehead atoms. The molecule has 1 aliphatic rings. The van der Waals surface area contributed by atoms with Gasteiger partial charge in [-0.1, -0.05) is 12.1 Å². The van der Waals surface area contributed by atoms with E-state index in [1.165, 1.54) is 4.57 Å². The van der Waals surface area contributed by atoms with Crippen molar-refractivity contribution in [2.45, 2.75) is 53.0 Å². The molecular formula is C23H27N5O3. The van der Waals surface area contributed by atoms with Gasteiger partial charge < -0.3 is 10.1 Å². The second-order valence-electron chi connectivity index (χ2n) is 7.75. The van der Waals surface area contributed by atoms with E-state index in [1.54, 1.807) is 16.8 Å². The lowest BCUT2D eigenvalue weighted by Gasteiger charge is -2.20. The molecule has 1 aliphatic carbocycles. The molecule has 0 fully saturated rings. The van der Waals surface area contributed by atoms with E-state index < -0.39 is 0 Å². The topological polar surface area (TPSA) is 91.0 Å². The molecule has 0 saturated carbocycles. The first-order valence-electron chi connectivity index (χ1n) is 10.7. The number of hydrogen-bond donors (Lipinski definition) is 1. The number of anilines is 1. The second kappa shape index (κ2) is 8.75. The van der Waals surface area contributed by atoms with Crippen LogP contribution in [0, 0.1) is 13.8 Å². The number of amides is 1. The maximum Gasteiger partial charge on any atom is 0.258 e. The number of benzene rings is 1. The summed E-state index contributed by atoms with van der Waals surface area (Å²) in [6.45, 7) is 6.02. The van der Waals surface area contributed by atoms with Crippen LogP contribution in [0.2, 0.25) is 0 Å². The number of aryl methyl sites for hydroxylation is 3. The van der Waals surface area contributed by atoms with Crippen LogP contribution in [0.25, 0.3) is 5.95 Å². The largest absolute Gasteiger partial charge is 0.492 e. The lowest BCUT2D eigenvalue weighted by atomic mass is 9.97. The van der Waals surface area contributed by atoms with Crippen molar-refractivity contribution < 1.29 is 9.53 Å². The second-order valence-corrected chi connectivity index (χ2v) is 7.75. The zero-order chi connectivity index (χ0) is 22.0. The summed E-state index contributed by atoms with van der Waals surface area (Å²) in [7, 11) is 0. The summed E-state index contributed by atoms with van der Waals surface area (Å²) in [5.41, 5.74) is 3.61. The van der Waals surface area contributed by atoms with E-state index in [0.717, 1.165) is 36.3 Å². The van der Waals surface area contributed by atoms with Gasteiger partial charge in [-0.2, -0.15) is 5.10 Å². The fourth-order valence-corrected chi connectivity index (χ4v) is 4.00. The average Bonchev–Trinajstić information content (AvgIpc) is 3.09. The van der Waals surface area contributed by atoms with E-state index in [9.17, 15) is 9.59 Å². The van der Waals surface area contributed by atoms with E-state index in [1.807, 2.05) is 39.0 Å². The SMILES string of the molecule is CCOc1ccccc1NC(=O)Cn1c(-n2nc(C)cc2C)nc2c(c1=O)CCCC2. The Labute approximate surface area is 180 Å². The Bertz CT molecular complexity index is 1180. The van der Waals surface area contributed by atoms with Gasteiger partial charge in [0.25, 0.3) is 5.56 Å². The van der Waals surface area contributed by atoms with E-state index in [4.69, 9.17) is 9.72 Å². The summed E-state index contributed by atoms with van der Waals surface area (Å²) >= 11 is 0. The van der Waals surface area contributed by atoms with Gasteiger partial charge in [0.15, 0.2) is 0 Å². The maximum atomic E-state index is 13.4. The molecule has 8 nitrogen and oxygen atoms in total. The molecule has 1 N–H and O–H groups in total. The third-order valence-electron chi connectivity index (χ3n) is 5.38. The van der Waals surface area contributed by atoms with Gasteiger partial charge in [-0.25, -0.2) is 9.67 Å². The fraction of sp³-hybridized carbons (Fsp3) is 0.391. The number of carbonyl (C=O) groups excluding carboxylic acids is 1. The van der Waals surface area contributed by atoms with Crippen molar-refractivity contribution in [2.24, 2.45) is 0 Å². The number of carbonyl (C=O) groups is 1. The predicted octanol–water partition coefficient (Wildman–Crippen LogP) is 2.96. The lowest BCUT2D eigenvalue weighted by Crippen LogP contribution is -2.36. The van der Waals surface area contributed by atoms with Crippen molar-refractivity contribution in [1.82, 2.24) is 19.3 Å². The Hall–Kier alpha value is -3.42. The summed E-state index contributed by atoms with van der Waals surface area (Å²) in [5.74, 6) is 0.645. The van der Waals surface area contributed by atoms with Gasteiger partial charge >= 0.3 is 0 Å². The van der Waals surface area contributed by atoms with Crippen LogP contribution < -0.4 is 15.6 Å². The molecule has 0 unspecified atom stereocenters. The van der Waals surface area contributed by atoms with Crippen LogP contribution in [0.3, 0.4) is 0 Å². The van der Waals surface area contributed by atoms with Gasteiger partial charge in [-0.3, -0.25) is 14.2 Å². The molecule has 0 radical (unpaired) electrons. The molecule has 3 aromatic rings. The third kappa shape index (κ3) is 4.23. The van der Waals surface area contributed by atoms with Gasteiger partial charge in [-0.05, 0) is 64.7 Å². The number of nitrogens with one attached hydrogen (secondary N) is 1. The van der Waals surface area contributed by atoms with Crippen LogP contribution in [-0.2, 0) is 24.2 Å². The van der Waals surface area contributed by atoms with Crippen molar-refractivity contribution >= 4 is 11.6 Å². The van der Waals surface area contributed by atoms with Gasteiger partial charge in [0.2, 0.25) is 11.9 Å². The highest BCUT2D eigenvalue weighted by Crippen LogP contribution is 2.24. The number of ether oxygens (including phenoxy) is 1. The van der Waals surface area contributed by atoms with E-state index >= 15 is 0 Å². The maximum absolute atomic E-state index is 13.4. The van der Waals surface area contributed by atoms with E-state index in [2.05, 4.69) is 10.4 Å². The minimum absolute atomic E-state index is 0.159. The number of nitrogens with zero attached hydrogens (tertiary/aromatic N) is 4. The standard InChI is InChI=1S/C23H27N5O3/c1-4-31-20-12-8-7-11-19(20)24-21(29)14-27-22(30)17-9-5-6-10-18(17)25-23(27)28-16(3)13-15(2)26-28/h7-8,11-13H,4-6,9-10,14H2,1-3H3,(H,24,29). The summed E-state index contributed by atoms with van der Waals surface area (Å²) in [6.07, 6.45) is 3.42. The van der Waals surface area contributed by atoms with Crippen molar-refractivity contribution in [3.05, 3.63) is 63.3 Å². The molecule has 1 amide bonds. The molecule has 8 heteroatoms. The Morgan fingerprint density at radius 2 is 1.97 bits per heavy atom. The molecule has 0 saturated heterocycles. The highest BCUT2D eigenvalue weighted by Gasteiger charge is 2.23. The van der Waals surface area contributed by atoms with Crippen LogP contribution in [0.15, 0.2) is 35.1 Å². The lowest BCUT2D eigenvalue weighted by molar-refractivity contribution is -0.116. The molecule has 31 heavy (non-hydrogen) atoms. The van der Waals surface area contributed by atoms with Gasteiger partial charge in [0.05, 0.1) is 23.7 Å². The number of para-hydroxylation sites is 2. The minimum atomic E-state index is -0.324. The molecule has 0 atom stereocenters. The third-order valence-corrected chi connectivity index (χ3v) is 5.38. The average molecular weight is 422 g/mol. The van der Waals surface area contributed by atoms with Crippen molar-refractivity contribution in [3.63, 3.8) is 0 Å². The summed E-state index contributed by atoms with van der Waals surface area (Å²) in [5, 5.41) is 7.37. The smallest absolute Gasteiger partial charge is 0.258 e. The molecule has 162 valence electrons. The summed E-state index contributed by atoms with van der Waals surface area (Å²) < 4.78 is 8.67. The monoisotopic (exact) mass is 421 g/mol. The Kier molecular flexibility index (Phi) is 5.88. The number of rotatable bonds is 6. The molecule has 0 spiro atoms. The van der Waals surface area contributed by atoms with Gasteiger partial charge in [0.1, 0.15) is 12.3 Å². The zero-order valence-electron chi connectivity index (χ0n) is 18.1. The normalized spacial score (nSPS) is 13.0. The van der Waals surface area contributed by atoms with Gasteiger partial charge in [-0.15, -0.1) is 0 Å². The molecule has 2 heterocycles. The zero-order valence-corrected chi connectivity index (χ0v) is 18.1.